The van der Waals surface area contributed by atoms with E-state index in [2.05, 4.69) is 25.8 Å². The lowest BCUT2D eigenvalue weighted by Crippen LogP contribution is -2.37. The minimum atomic E-state index is 0.0928. The molecule has 0 aliphatic carbocycles. The Kier molecular flexibility index (Phi) is 4.53. The van der Waals surface area contributed by atoms with Crippen LogP contribution in [0.15, 0.2) is 35.7 Å². The third-order valence-corrected chi connectivity index (χ3v) is 5.12. The summed E-state index contributed by atoms with van der Waals surface area (Å²) in [5.41, 5.74) is 1.91. The van der Waals surface area contributed by atoms with Crippen molar-refractivity contribution in [1.82, 2.24) is 9.88 Å². The molecular weight excluding hydrogens is 304 g/mol. The van der Waals surface area contributed by atoms with Crippen LogP contribution in [-0.2, 0) is 0 Å². The molecule has 3 nitrogen and oxygen atoms in total. The summed E-state index contributed by atoms with van der Waals surface area (Å²) in [5, 5.41) is 2.82. The van der Waals surface area contributed by atoms with Gasteiger partial charge in [0.25, 0.3) is 5.91 Å². The Labute approximate surface area is 142 Å². The van der Waals surface area contributed by atoms with Crippen molar-refractivity contribution in [3.05, 3.63) is 41.4 Å². The lowest BCUT2D eigenvalue weighted by atomic mass is 9.87. The average Bonchev–Trinajstić information content (AvgIpc) is 3.15. The molecular formula is C19H24N2OS. The van der Waals surface area contributed by atoms with Crippen LogP contribution in [-0.4, -0.2) is 28.4 Å². The van der Waals surface area contributed by atoms with Gasteiger partial charge in [0, 0.05) is 23.5 Å². The molecule has 1 aliphatic rings. The van der Waals surface area contributed by atoms with Gasteiger partial charge in [0.2, 0.25) is 0 Å². The van der Waals surface area contributed by atoms with Crippen molar-refractivity contribution in [2.24, 2.45) is 5.41 Å². The molecule has 0 radical (unpaired) electrons. The Bertz CT molecular complexity index is 672. The number of likely N-dealkylation sites (tertiary alicyclic amines) is 1. The van der Waals surface area contributed by atoms with E-state index in [1.165, 1.54) is 0 Å². The number of amides is 1. The smallest absolute Gasteiger partial charge is 0.273 e. The fraction of sp³-hybridized carbons (Fsp3) is 0.474. The van der Waals surface area contributed by atoms with Gasteiger partial charge in [0.15, 0.2) is 0 Å². The van der Waals surface area contributed by atoms with Crippen LogP contribution < -0.4 is 0 Å². The first kappa shape index (κ1) is 16.2. The number of hydrogen-bond acceptors (Lipinski definition) is 3. The number of aromatic nitrogens is 1. The molecule has 0 saturated carbocycles. The van der Waals surface area contributed by atoms with Crippen molar-refractivity contribution >= 4 is 17.2 Å². The largest absolute Gasteiger partial charge is 0.334 e. The van der Waals surface area contributed by atoms with Crippen LogP contribution in [0.1, 0.15) is 50.5 Å². The summed E-state index contributed by atoms with van der Waals surface area (Å²) in [4.78, 5) is 19.5. The molecule has 4 heteroatoms. The van der Waals surface area contributed by atoms with Gasteiger partial charge in [0.05, 0.1) is 0 Å². The van der Waals surface area contributed by atoms with Gasteiger partial charge in [-0.05, 0) is 24.7 Å². The highest BCUT2D eigenvalue weighted by Crippen LogP contribution is 2.31. The highest BCUT2D eigenvalue weighted by molar-refractivity contribution is 7.13. The van der Waals surface area contributed by atoms with E-state index in [9.17, 15) is 4.79 Å². The van der Waals surface area contributed by atoms with Crippen molar-refractivity contribution in [1.29, 1.82) is 0 Å². The number of nitrogens with zero attached hydrogens (tertiary/aromatic N) is 2. The highest BCUT2D eigenvalue weighted by Gasteiger charge is 2.33. The second kappa shape index (κ2) is 6.44. The maximum atomic E-state index is 12.9. The molecule has 1 aromatic carbocycles. The summed E-state index contributed by atoms with van der Waals surface area (Å²) in [5.74, 6) is 0.0928. The molecule has 0 N–H and O–H groups in total. The molecule has 1 aromatic heterocycles. The summed E-state index contributed by atoms with van der Waals surface area (Å²) in [6, 6.07) is 10.4. The predicted molar refractivity (Wildman–Crippen MR) is 95.7 cm³/mol. The second-order valence-corrected chi connectivity index (χ2v) is 8.32. The molecule has 1 fully saturated rings. The van der Waals surface area contributed by atoms with Crippen molar-refractivity contribution in [2.75, 3.05) is 6.54 Å². The molecule has 2 aromatic rings. The maximum absolute atomic E-state index is 12.9. The fourth-order valence-corrected chi connectivity index (χ4v) is 4.05. The summed E-state index contributed by atoms with van der Waals surface area (Å²) < 4.78 is 0. The van der Waals surface area contributed by atoms with E-state index in [-0.39, 0.29) is 11.3 Å². The van der Waals surface area contributed by atoms with Gasteiger partial charge in [-0.25, -0.2) is 4.98 Å². The van der Waals surface area contributed by atoms with E-state index in [4.69, 9.17) is 0 Å². The number of hydrogen-bond donors (Lipinski definition) is 0. The molecule has 2 heterocycles. The van der Waals surface area contributed by atoms with Gasteiger partial charge in [-0.2, -0.15) is 0 Å². The van der Waals surface area contributed by atoms with E-state index >= 15 is 0 Å². The number of thiazole rings is 1. The van der Waals surface area contributed by atoms with Gasteiger partial charge in [0.1, 0.15) is 10.7 Å². The minimum absolute atomic E-state index is 0.0928. The summed E-state index contributed by atoms with van der Waals surface area (Å²) in [6.45, 7) is 7.58. The van der Waals surface area contributed by atoms with Crippen LogP contribution in [0.25, 0.3) is 10.6 Å². The zero-order valence-electron chi connectivity index (χ0n) is 14.1. The van der Waals surface area contributed by atoms with Crippen molar-refractivity contribution in [3.63, 3.8) is 0 Å². The molecule has 1 atom stereocenters. The first-order valence-electron chi connectivity index (χ1n) is 8.26. The summed E-state index contributed by atoms with van der Waals surface area (Å²) in [7, 11) is 0. The fourth-order valence-electron chi connectivity index (χ4n) is 3.25. The van der Waals surface area contributed by atoms with Gasteiger partial charge in [-0.3, -0.25) is 4.79 Å². The average molecular weight is 328 g/mol. The zero-order valence-corrected chi connectivity index (χ0v) is 14.9. The standard InChI is InChI=1S/C19H24N2OS/c1-19(2,3)12-15-10-7-11-21(15)18(22)16-13-23-17(20-16)14-8-5-4-6-9-14/h4-6,8-9,13,15H,7,10-12H2,1-3H3. The second-order valence-electron chi connectivity index (χ2n) is 7.46. The number of carbonyl (C=O) groups excluding carboxylic acids is 1. The highest BCUT2D eigenvalue weighted by atomic mass is 32.1. The molecule has 1 amide bonds. The van der Waals surface area contributed by atoms with Crippen LogP contribution in [0.4, 0.5) is 0 Å². The Balaban J connectivity index is 1.77. The van der Waals surface area contributed by atoms with Gasteiger partial charge in [-0.15, -0.1) is 11.3 Å². The third kappa shape index (κ3) is 3.81. The molecule has 0 spiro atoms. The van der Waals surface area contributed by atoms with Crippen molar-refractivity contribution in [3.8, 4) is 10.6 Å². The molecule has 1 saturated heterocycles. The van der Waals surface area contributed by atoms with Gasteiger partial charge >= 0.3 is 0 Å². The van der Waals surface area contributed by atoms with E-state index in [0.29, 0.717) is 11.7 Å². The van der Waals surface area contributed by atoms with Crippen LogP contribution in [0, 0.1) is 5.41 Å². The maximum Gasteiger partial charge on any atom is 0.273 e. The number of rotatable bonds is 3. The topological polar surface area (TPSA) is 33.2 Å². The molecule has 0 bridgehead atoms. The Morgan fingerprint density at radius 2 is 2.04 bits per heavy atom. The molecule has 122 valence electrons. The molecule has 23 heavy (non-hydrogen) atoms. The van der Waals surface area contributed by atoms with Gasteiger partial charge in [-0.1, -0.05) is 51.1 Å². The SMILES string of the molecule is CC(C)(C)CC1CCCN1C(=O)c1csc(-c2ccccc2)n1. The lowest BCUT2D eigenvalue weighted by molar-refractivity contribution is 0.0699. The number of carbonyl (C=O) groups is 1. The third-order valence-electron chi connectivity index (χ3n) is 4.23. The predicted octanol–water partition coefficient (Wildman–Crippen LogP) is 4.85. The van der Waals surface area contributed by atoms with Crippen LogP contribution in [0.2, 0.25) is 0 Å². The Hall–Kier alpha value is -1.68. The van der Waals surface area contributed by atoms with Crippen LogP contribution in [0.5, 0.6) is 0 Å². The lowest BCUT2D eigenvalue weighted by Gasteiger charge is -2.30. The zero-order chi connectivity index (χ0) is 16.4. The quantitative estimate of drug-likeness (QED) is 0.807. The van der Waals surface area contributed by atoms with Crippen LogP contribution >= 0.6 is 11.3 Å². The molecule has 1 unspecified atom stereocenters. The Morgan fingerprint density at radius 1 is 1.30 bits per heavy atom. The van der Waals surface area contributed by atoms with Crippen molar-refractivity contribution < 1.29 is 4.79 Å². The normalized spacial score (nSPS) is 18.4. The van der Waals surface area contributed by atoms with E-state index in [1.807, 2.05) is 40.6 Å². The monoisotopic (exact) mass is 328 g/mol. The van der Waals surface area contributed by atoms with Gasteiger partial charge < -0.3 is 4.90 Å². The van der Waals surface area contributed by atoms with Crippen LogP contribution in [0.3, 0.4) is 0 Å². The first-order valence-corrected chi connectivity index (χ1v) is 9.14. The van der Waals surface area contributed by atoms with Crippen molar-refractivity contribution in [2.45, 2.75) is 46.1 Å². The first-order chi connectivity index (χ1) is 10.9. The van der Waals surface area contributed by atoms with E-state index in [1.54, 1.807) is 11.3 Å². The minimum Gasteiger partial charge on any atom is -0.334 e. The summed E-state index contributed by atoms with van der Waals surface area (Å²) >= 11 is 1.55. The molecule has 3 rings (SSSR count). The van der Waals surface area contributed by atoms with E-state index in [0.717, 1.165) is 36.4 Å². The molecule has 1 aliphatic heterocycles. The number of benzene rings is 1. The van der Waals surface area contributed by atoms with E-state index < -0.39 is 0 Å². The summed E-state index contributed by atoms with van der Waals surface area (Å²) in [6.07, 6.45) is 3.26. The Morgan fingerprint density at radius 3 is 2.74 bits per heavy atom.